The Kier molecular flexibility index (Phi) is 4.19. The Labute approximate surface area is 109 Å². The van der Waals surface area contributed by atoms with E-state index in [-0.39, 0.29) is 11.9 Å². The number of ketones is 1. The molecule has 18 heavy (non-hydrogen) atoms. The molecule has 2 rings (SSSR count). The Morgan fingerprint density at radius 1 is 1.56 bits per heavy atom. The molecule has 1 aliphatic rings. The molecule has 0 spiro atoms. The first kappa shape index (κ1) is 13.3. The number of rotatable bonds is 4. The average molecular weight is 250 g/mol. The predicted molar refractivity (Wildman–Crippen MR) is 70.8 cm³/mol. The normalized spacial score (nSPS) is 25.3. The third kappa shape index (κ3) is 3.00. The first-order chi connectivity index (χ1) is 8.60. The summed E-state index contributed by atoms with van der Waals surface area (Å²) in [5.74, 6) is 0.776. The fraction of sp³-hybridized carbons (Fsp3) is 0.643. The number of carbonyl (C=O) groups excluding carboxylic acids is 1. The molecular weight excluding hydrogens is 228 g/mol. The molecule has 0 bridgehead atoms. The van der Waals surface area contributed by atoms with Crippen molar-refractivity contribution in [1.82, 2.24) is 9.47 Å². The van der Waals surface area contributed by atoms with Gasteiger partial charge in [-0.1, -0.05) is 6.92 Å². The summed E-state index contributed by atoms with van der Waals surface area (Å²) in [6, 6.07) is 1.88. The SMILES string of the molecule is COC1CN(CC(=O)c2ccn(C)c2)CCC1C. The number of piperidine rings is 1. The number of Topliss-reactive ketones (excluding diaryl/α,β-unsaturated/α-hetero) is 1. The maximum absolute atomic E-state index is 12.1. The van der Waals surface area contributed by atoms with Gasteiger partial charge in [0.1, 0.15) is 0 Å². The Balaban J connectivity index is 1.92. The van der Waals surface area contributed by atoms with Gasteiger partial charge in [0.05, 0.1) is 12.6 Å². The smallest absolute Gasteiger partial charge is 0.178 e. The van der Waals surface area contributed by atoms with E-state index in [1.165, 1.54) is 0 Å². The van der Waals surface area contributed by atoms with Crippen molar-refractivity contribution in [3.05, 3.63) is 24.0 Å². The molecule has 0 radical (unpaired) electrons. The molecule has 0 aliphatic carbocycles. The molecular formula is C14H22N2O2. The molecule has 1 aromatic rings. The summed E-state index contributed by atoms with van der Waals surface area (Å²) in [4.78, 5) is 14.3. The lowest BCUT2D eigenvalue weighted by Gasteiger charge is -2.35. The van der Waals surface area contributed by atoms with Crippen LogP contribution in [0.1, 0.15) is 23.7 Å². The van der Waals surface area contributed by atoms with Crippen molar-refractivity contribution in [2.45, 2.75) is 19.4 Å². The van der Waals surface area contributed by atoms with Crippen molar-refractivity contribution in [2.75, 3.05) is 26.7 Å². The van der Waals surface area contributed by atoms with Crippen LogP contribution in [0.5, 0.6) is 0 Å². The first-order valence-corrected chi connectivity index (χ1v) is 6.50. The Morgan fingerprint density at radius 2 is 2.33 bits per heavy atom. The average Bonchev–Trinajstić information content (AvgIpc) is 2.78. The molecule has 1 saturated heterocycles. The van der Waals surface area contributed by atoms with Gasteiger partial charge in [0.25, 0.3) is 0 Å². The van der Waals surface area contributed by atoms with E-state index in [4.69, 9.17) is 4.74 Å². The standard InChI is InChI=1S/C14H22N2O2/c1-11-4-7-16(10-14(11)18-3)9-13(17)12-5-6-15(2)8-12/h5-6,8,11,14H,4,7,9-10H2,1-3H3. The fourth-order valence-corrected chi connectivity index (χ4v) is 2.51. The summed E-state index contributed by atoms with van der Waals surface area (Å²) in [7, 11) is 3.68. The van der Waals surface area contributed by atoms with E-state index in [9.17, 15) is 4.79 Å². The maximum Gasteiger partial charge on any atom is 0.178 e. The topological polar surface area (TPSA) is 34.5 Å². The third-order valence-corrected chi connectivity index (χ3v) is 3.80. The van der Waals surface area contributed by atoms with Crippen LogP contribution in [0.25, 0.3) is 0 Å². The van der Waals surface area contributed by atoms with Crippen molar-refractivity contribution in [1.29, 1.82) is 0 Å². The zero-order valence-corrected chi connectivity index (χ0v) is 11.4. The van der Waals surface area contributed by atoms with E-state index < -0.39 is 0 Å². The van der Waals surface area contributed by atoms with E-state index in [1.807, 2.05) is 30.1 Å². The van der Waals surface area contributed by atoms with Crippen LogP contribution in [0.15, 0.2) is 18.5 Å². The number of carbonyl (C=O) groups is 1. The highest BCUT2D eigenvalue weighted by Crippen LogP contribution is 2.19. The van der Waals surface area contributed by atoms with Crippen molar-refractivity contribution in [3.8, 4) is 0 Å². The molecule has 0 saturated carbocycles. The second-order valence-electron chi connectivity index (χ2n) is 5.26. The molecule has 4 nitrogen and oxygen atoms in total. The number of likely N-dealkylation sites (tertiary alicyclic amines) is 1. The molecule has 2 unspecified atom stereocenters. The van der Waals surface area contributed by atoms with Crippen LogP contribution in [0.3, 0.4) is 0 Å². The zero-order chi connectivity index (χ0) is 13.1. The van der Waals surface area contributed by atoms with Gasteiger partial charge < -0.3 is 9.30 Å². The lowest BCUT2D eigenvalue weighted by atomic mass is 9.95. The number of nitrogens with zero attached hydrogens (tertiary/aromatic N) is 2. The van der Waals surface area contributed by atoms with E-state index in [1.54, 1.807) is 7.11 Å². The summed E-state index contributed by atoms with van der Waals surface area (Å²) >= 11 is 0. The van der Waals surface area contributed by atoms with Gasteiger partial charge in [-0.25, -0.2) is 0 Å². The second-order valence-corrected chi connectivity index (χ2v) is 5.26. The van der Waals surface area contributed by atoms with Gasteiger partial charge in [-0.3, -0.25) is 9.69 Å². The van der Waals surface area contributed by atoms with Crippen LogP contribution < -0.4 is 0 Å². The first-order valence-electron chi connectivity index (χ1n) is 6.50. The van der Waals surface area contributed by atoms with Gasteiger partial charge in [0.2, 0.25) is 0 Å². The predicted octanol–water partition coefficient (Wildman–Crippen LogP) is 1.56. The van der Waals surface area contributed by atoms with E-state index in [0.29, 0.717) is 12.5 Å². The highest BCUT2D eigenvalue weighted by molar-refractivity contribution is 5.97. The second kappa shape index (κ2) is 5.67. The van der Waals surface area contributed by atoms with Crippen LogP contribution in [-0.4, -0.2) is 48.1 Å². The number of ether oxygens (including phenoxy) is 1. The summed E-state index contributed by atoms with van der Waals surface area (Å²) in [6.45, 7) is 4.55. The maximum atomic E-state index is 12.1. The van der Waals surface area contributed by atoms with Crippen molar-refractivity contribution >= 4 is 5.78 Å². The molecule has 100 valence electrons. The Hall–Kier alpha value is -1.13. The molecule has 1 aromatic heterocycles. The molecule has 0 N–H and O–H groups in total. The van der Waals surface area contributed by atoms with Gasteiger partial charge >= 0.3 is 0 Å². The molecule has 1 fully saturated rings. The summed E-state index contributed by atoms with van der Waals surface area (Å²) in [5, 5.41) is 0. The number of hydrogen-bond donors (Lipinski definition) is 0. The largest absolute Gasteiger partial charge is 0.380 e. The number of hydrogen-bond acceptors (Lipinski definition) is 3. The van der Waals surface area contributed by atoms with Crippen molar-refractivity contribution in [3.63, 3.8) is 0 Å². The quantitative estimate of drug-likeness (QED) is 0.761. The summed E-state index contributed by atoms with van der Waals surface area (Å²) in [5.41, 5.74) is 0.796. The zero-order valence-electron chi connectivity index (χ0n) is 11.4. The third-order valence-electron chi connectivity index (χ3n) is 3.80. The van der Waals surface area contributed by atoms with Gasteiger partial charge in [-0.15, -0.1) is 0 Å². The van der Waals surface area contributed by atoms with Gasteiger partial charge in [0, 0.05) is 38.7 Å². The molecule has 2 heterocycles. The monoisotopic (exact) mass is 250 g/mol. The van der Waals surface area contributed by atoms with Gasteiger partial charge in [-0.2, -0.15) is 0 Å². The fourth-order valence-electron chi connectivity index (χ4n) is 2.51. The minimum Gasteiger partial charge on any atom is -0.380 e. The highest BCUT2D eigenvalue weighted by Gasteiger charge is 2.27. The van der Waals surface area contributed by atoms with Crippen LogP contribution in [0.4, 0.5) is 0 Å². The van der Waals surface area contributed by atoms with E-state index >= 15 is 0 Å². The number of aryl methyl sites for hydroxylation is 1. The molecule has 0 amide bonds. The number of methoxy groups -OCH3 is 1. The Morgan fingerprint density at radius 3 is 2.94 bits per heavy atom. The minimum absolute atomic E-state index is 0.194. The molecule has 4 heteroatoms. The van der Waals surface area contributed by atoms with Gasteiger partial charge in [0.15, 0.2) is 5.78 Å². The molecule has 1 aliphatic heterocycles. The van der Waals surface area contributed by atoms with Gasteiger partial charge in [-0.05, 0) is 24.9 Å². The lowest BCUT2D eigenvalue weighted by molar-refractivity contribution is -0.00324. The summed E-state index contributed by atoms with van der Waals surface area (Å²) in [6.07, 6.45) is 5.13. The summed E-state index contributed by atoms with van der Waals surface area (Å²) < 4.78 is 7.37. The van der Waals surface area contributed by atoms with Crippen LogP contribution in [0.2, 0.25) is 0 Å². The highest BCUT2D eigenvalue weighted by atomic mass is 16.5. The molecule has 0 aromatic carbocycles. The Bertz CT molecular complexity index is 414. The van der Waals surface area contributed by atoms with E-state index in [0.717, 1.165) is 25.1 Å². The van der Waals surface area contributed by atoms with Crippen LogP contribution in [-0.2, 0) is 11.8 Å². The van der Waals surface area contributed by atoms with E-state index in [2.05, 4.69) is 11.8 Å². The van der Waals surface area contributed by atoms with Crippen LogP contribution >= 0.6 is 0 Å². The lowest BCUT2D eigenvalue weighted by Crippen LogP contribution is -2.45. The minimum atomic E-state index is 0.194. The van der Waals surface area contributed by atoms with Crippen LogP contribution in [0, 0.1) is 5.92 Å². The number of aromatic nitrogens is 1. The molecule has 2 atom stereocenters. The van der Waals surface area contributed by atoms with Crippen molar-refractivity contribution in [2.24, 2.45) is 13.0 Å². The van der Waals surface area contributed by atoms with Crippen molar-refractivity contribution < 1.29 is 9.53 Å².